The smallest absolute Gasteiger partial charge is 0.120 e. The van der Waals surface area contributed by atoms with Crippen LogP contribution in [0.5, 0.6) is 5.75 Å². The highest BCUT2D eigenvalue weighted by Crippen LogP contribution is 2.31. The fourth-order valence-corrected chi connectivity index (χ4v) is 2.75. The largest absolute Gasteiger partial charge is 0.497 e. The Hall–Kier alpha value is -2.00. The van der Waals surface area contributed by atoms with Crippen molar-refractivity contribution in [3.05, 3.63) is 42.5 Å². The molecule has 3 rings (SSSR count). The summed E-state index contributed by atoms with van der Waals surface area (Å²) in [4.78, 5) is 0. The highest BCUT2D eigenvalue weighted by atomic mass is 16.5. The molecule has 118 valence electrons. The number of rotatable bonds is 4. The summed E-state index contributed by atoms with van der Waals surface area (Å²) < 4.78 is 7.63. The van der Waals surface area contributed by atoms with Gasteiger partial charge in [0.05, 0.1) is 12.6 Å². The summed E-state index contributed by atoms with van der Waals surface area (Å²) in [6.07, 6.45) is 0. The number of para-hydroxylation sites is 1. The summed E-state index contributed by atoms with van der Waals surface area (Å²) in [7, 11) is 1.71. The van der Waals surface area contributed by atoms with Gasteiger partial charge in [-0.05, 0) is 38.2 Å². The highest BCUT2D eigenvalue weighted by Gasteiger charge is 2.09. The minimum Gasteiger partial charge on any atom is -0.497 e. The highest BCUT2D eigenvalue weighted by molar-refractivity contribution is 6.08. The molecular formula is C19H26N2O. The van der Waals surface area contributed by atoms with Crippen molar-refractivity contribution >= 4 is 21.8 Å². The van der Waals surface area contributed by atoms with Gasteiger partial charge in [-0.1, -0.05) is 32.0 Å². The van der Waals surface area contributed by atoms with Gasteiger partial charge >= 0.3 is 0 Å². The van der Waals surface area contributed by atoms with Gasteiger partial charge in [0, 0.05) is 28.9 Å². The number of hydrogen-bond donors (Lipinski definition) is 1. The van der Waals surface area contributed by atoms with Crippen LogP contribution in [0.1, 0.15) is 20.8 Å². The molecule has 1 heterocycles. The van der Waals surface area contributed by atoms with Gasteiger partial charge in [0.1, 0.15) is 5.75 Å². The van der Waals surface area contributed by atoms with E-state index in [-0.39, 0.29) is 0 Å². The SMILES string of the molecule is CCNCC.CCn1c2ccccc2c2ccc(OC)cc21. The zero-order chi connectivity index (χ0) is 15.9. The van der Waals surface area contributed by atoms with E-state index in [0.29, 0.717) is 0 Å². The first-order valence-corrected chi connectivity index (χ1v) is 8.02. The quantitative estimate of drug-likeness (QED) is 0.770. The predicted molar refractivity (Wildman–Crippen MR) is 95.9 cm³/mol. The average molecular weight is 298 g/mol. The number of fused-ring (bicyclic) bond motifs is 3. The van der Waals surface area contributed by atoms with Crippen molar-refractivity contribution in [3.63, 3.8) is 0 Å². The number of hydrogen-bond acceptors (Lipinski definition) is 2. The zero-order valence-electron chi connectivity index (χ0n) is 14.0. The van der Waals surface area contributed by atoms with Crippen LogP contribution in [0.2, 0.25) is 0 Å². The maximum atomic E-state index is 5.30. The van der Waals surface area contributed by atoms with Crippen LogP contribution in [-0.2, 0) is 6.54 Å². The van der Waals surface area contributed by atoms with E-state index in [2.05, 4.69) is 67.1 Å². The summed E-state index contributed by atoms with van der Waals surface area (Å²) in [5.41, 5.74) is 2.53. The van der Waals surface area contributed by atoms with Gasteiger partial charge in [-0.2, -0.15) is 0 Å². The minimum atomic E-state index is 0.912. The van der Waals surface area contributed by atoms with Crippen molar-refractivity contribution in [1.82, 2.24) is 9.88 Å². The first-order valence-electron chi connectivity index (χ1n) is 8.02. The van der Waals surface area contributed by atoms with Gasteiger partial charge in [-0.15, -0.1) is 0 Å². The van der Waals surface area contributed by atoms with E-state index in [0.717, 1.165) is 25.4 Å². The van der Waals surface area contributed by atoms with Gasteiger partial charge in [-0.25, -0.2) is 0 Å². The van der Waals surface area contributed by atoms with Gasteiger partial charge in [0.25, 0.3) is 0 Å². The molecular weight excluding hydrogens is 272 g/mol. The van der Waals surface area contributed by atoms with Crippen LogP contribution in [-0.4, -0.2) is 24.8 Å². The molecule has 0 radical (unpaired) electrons. The molecule has 22 heavy (non-hydrogen) atoms. The minimum absolute atomic E-state index is 0.912. The Morgan fingerprint density at radius 3 is 2.18 bits per heavy atom. The predicted octanol–water partition coefficient (Wildman–Crippen LogP) is 4.44. The molecule has 1 N–H and O–H groups in total. The maximum absolute atomic E-state index is 5.30. The summed E-state index contributed by atoms with van der Waals surface area (Å²) in [5.74, 6) is 0.912. The summed E-state index contributed by atoms with van der Waals surface area (Å²) in [5, 5.41) is 5.72. The number of methoxy groups -OCH3 is 1. The lowest BCUT2D eigenvalue weighted by molar-refractivity contribution is 0.415. The Labute approximate surface area is 132 Å². The molecule has 0 unspecified atom stereocenters. The van der Waals surface area contributed by atoms with Crippen LogP contribution in [0.4, 0.5) is 0 Å². The van der Waals surface area contributed by atoms with E-state index in [4.69, 9.17) is 4.74 Å². The summed E-state index contributed by atoms with van der Waals surface area (Å²) >= 11 is 0. The third-order valence-electron chi connectivity index (χ3n) is 3.80. The molecule has 0 atom stereocenters. The molecule has 0 bridgehead atoms. The maximum Gasteiger partial charge on any atom is 0.120 e. The Morgan fingerprint density at radius 2 is 1.59 bits per heavy atom. The van der Waals surface area contributed by atoms with E-state index in [1.807, 2.05) is 6.07 Å². The lowest BCUT2D eigenvalue weighted by Crippen LogP contribution is -2.09. The molecule has 2 aromatic carbocycles. The first kappa shape index (κ1) is 16.4. The molecule has 0 saturated heterocycles. The molecule has 3 heteroatoms. The molecule has 1 aromatic heterocycles. The van der Waals surface area contributed by atoms with Crippen LogP contribution in [0.25, 0.3) is 21.8 Å². The second kappa shape index (κ2) is 7.85. The summed E-state index contributed by atoms with van der Waals surface area (Å²) in [6, 6.07) is 14.8. The fraction of sp³-hybridized carbons (Fsp3) is 0.368. The van der Waals surface area contributed by atoms with E-state index >= 15 is 0 Å². The third kappa shape index (κ3) is 3.25. The van der Waals surface area contributed by atoms with E-state index in [1.54, 1.807) is 7.11 Å². The number of benzene rings is 2. The Bertz CT molecular complexity index is 729. The molecule has 0 fully saturated rings. The Kier molecular flexibility index (Phi) is 5.84. The van der Waals surface area contributed by atoms with Crippen molar-refractivity contribution in [2.24, 2.45) is 0 Å². The lowest BCUT2D eigenvalue weighted by Gasteiger charge is -2.04. The topological polar surface area (TPSA) is 26.2 Å². The zero-order valence-corrected chi connectivity index (χ0v) is 14.0. The first-order chi connectivity index (χ1) is 10.8. The molecule has 3 nitrogen and oxygen atoms in total. The third-order valence-corrected chi connectivity index (χ3v) is 3.80. The number of aryl methyl sites for hydroxylation is 1. The van der Waals surface area contributed by atoms with E-state index in [9.17, 15) is 0 Å². The van der Waals surface area contributed by atoms with E-state index in [1.165, 1.54) is 21.8 Å². The number of nitrogens with zero attached hydrogens (tertiary/aromatic N) is 1. The van der Waals surface area contributed by atoms with Crippen LogP contribution >= 0.6 is 0 Å². The monoisotopic (exact) mass is 298 g/mol. The number of ether oxygens (including phenoxy) is 1. The Morgan fingerprint density at radius 1 is 0.909 bits per heavy atom. The van der Waals surface area contributed by atoms with Gasteiger partial charge in [-0.3, -0.25) is 0 Å². The van der Waals surface area contributed by atoms with Crippen LogP contribution in [0.3, 0.4) is 0 Å². The molecule has 0 saturated carbocycles. The van der Waals surface area contributed by atoms with E-state index < -0.39 is 0 Å². The van der Waals surface area contributed by atoms with Crippen molar-refractivity contribution < 1.29 is 4.74 Å². The van der Waals surface area contributed by atoms with Crippen molar-refractivity contribution in [3.8, 4) is 5.75 Å². The molecule has 0 aliphatic carbocycles. The van der Waals surface area contributed by atoms with Crippen LogP contribution in [0.15, 0.2) is 42.5 Å². The molecule has 0 spiro atoms. The standard InChI is InChI=1S/C15H15NO.C4H11N/c1-3-16-14-7-5-4-6-12(14)13-9-8-11(17-2)10-15(13)16;1-3-5-4-2/h4-10H,3H2,1-2H3;5H,3-4H2,1-2H3. The fourth-order valence-electron chi connectivity index (χ4n) is 2.75. The van der Waals surface area contributed by atoms with Gasteiger partial charge in [0.2, 0.25) is 0 Å². The van der Waals surface area contributed by atoms with Crippen molar-refractivity contribution in [1.29, 1.82) is 0 Å². The number of nitrogens with one attached hydrogen (secondary N) is 1. The van der Waals surface area contributed by atoms with Crippen molar-refractivity contribution in [2.75, 3.05) is 20.2 Å². The average Bonchev–Trinajstić information content (AvgIpc) is 2.89. The molecule has 0 aliphatic rings. The second-order valence-electron chi connectivity index (χ2n) is 5.10. The molecule has 3 aromatic rings. The number of aromatic nitrogens is 1. The molecule has 0 amide bonds. The van der Waals surface area contributed by atoms with Gasteiger partial charge in [0.15, 0.2) is 0 Å². The van der Waals surface area contributed by atoms with Crippen molar-refractivity contribution in [2.45, 2.75) is 27.3 Å². The van der Waals surface area contributed by atoms with Crippen LogP contribution < -0.4 is 10.1 Å². The van der Waals surface area contributed by atoms with Crippen LogP contribution in [0, 0.1) is 0 Å². The molecule has 0 aliphatic heterocycles. The normalized spacial score (nSPS) is 10.5. The van der Waals surface area contributed by atoms with Gasteiger partial charge < -0.3 is 14.6 Å². The summed E-state index contributed by atoms with van der Waals surface area (Å²) in [6.45, 7) is 9.53. The Balaban J connectivity index is 0.000000309. The lowest BCUT2D eigenvalue weighted by atomic mass is 10.1. The second-order valence-corrected chi connectivity index (χ2v) is 5.10.